The van der Waals surface area contributed by atoms with E-state index in [-0.39, 0.29) is 55.7 Å². The number of likely N-dealkylation sites (tertiary alicyclic amines) is 1. The standard InChI is InChI=1S/C31H32ClF2N7O4S/c1-13(15-12-40(29(43)44)26(15)30(2,3)4)41-25-14-10-16(32)20(22(34)23(14)35-11-18(25)38-39-41)21-17(33)8-9-19-24(21)36-27(46-19)37-28(42)45-31(5,6)7/h8-11,13,15,26H,12H2,1-7H3,(H,43,44)(H,36,37,42). The van der Waals surface area contributed by atoms with Gasteiger partial charge in [0.05, 0.1) is 27.5 Å². The second-order valence-electron chi connectivity index (χ2n) is 13.5. The summed E-state index contributed by atoms with van der Waals surface area (Å²) in [6.07, 6.45) is -0.330. The highest BCUT2D eigenvalue weighted by Gasteiger charge is 2.51. The Morgan fingerprint density at radius 3 is 2.52 bits per heavy atom. The molecule has 1 fully saturated rings. The molecule has 6 rings (SSSR count). The predicted octanol–water partition coefficient (Wildman–Crippen LogP) is 8.12. The summed E-state index contributed by atoms with van der Waals surface area (Å²) in [6.45, 7) is 13.4. The first-order valence-corrected chi connectivity index (χ1v) is 15.8. The Bertz CT molecular complexity index is 2050. The molecule has 1 saturated heterocycles. The minimum absolute atomic E-state index is 0.0745. The van der Waals surface area contributed by atoms with Crippen molar-refractivity contribution in [3.8, 4) is 11.1 Å². The molecule has 242 valence electrons. The molecule has 0 radical (unpaired) electrons. The highest BCUT2D eigenvalue weighted by atomic mass is 35.5. The molecule has 2 aromatic carbocycles. The van der Waals surface area contributed by atoms with Gasteiger partial charge in [-0.3, -0.25) is 10.3 Å². The molecule has 0 aliphatic carbocycles. The van der Waals surface area contributed by atoms with Crippen molar-refractivity contribution in [3.63, 3.8) is 0 Å². The molecular formula is C31H32ClF2N7O4S. The Hall–Kier alpha value is -4.17. The minimum Gasteiger partial charge on any atom is -0.465 e. The number of ether oxygens (including phenoxy) is 1. The number of nitrogens with one attached hydrogen (secondary N) is 1. The lowest BCUT2D eigenvalue weighted by molar-refractivity contribution is -0.0549. The van der Waals surface area contributed by atoms with E-state index in [1.54, 1.807) is 25.5 Å². The Labute approximate surface area is 271 Å². The lowest BCUT2D eigenvalue weighted by Gasteiger charge is -2.54. The van der Waals surface area contributed by atoms with E-state index in [9.17, 15) is 14.7 Å². The summed E-state index contributed by atoms with van der Waals surface area (Å²) in [5, 5.41) is 21.3. The van der Waals surface area contributed by atoms with Crippen LogP contribution >= 0.6 is 22.9 Å². The molecule has 11 nitrogen and oxygen atoms in total. The smallest absolute Gasteiger partial charge is 0.413 e. The SMILES string of the molecule is CC(C1CN(C(=O)O)C1C(C)(C)C)n1nnc2cnc3c(F)c(-c4c(F)ccc5sc(NC(=O)OC(C)(C)C)nc45)c(Cl)cc3c21. The van der Waals surface area contributed by atoms with E-state index >= 15 is 8.78 Å². The van der Waals surface area contributed by atoms with Crippen molar-refractivity contribution in [1.29, 1.82) is 0 Å². The summed E-state index contributed by atoms with van der Waals surface area (Å²) in [6, 6.07) is 3.59. The largest absolute Gasteiger partial charge is 0.465 e. The number of rotatable bonds is 4. The van der Waals surface area contributed by atoms with Crippen molar-refractivity contribution in [1.82, 2.24) is 29.9 Å². The van der Waals surface area contributed by atoms with E-state index in [4.69, 9.17) is 16.3 Å². The third-order valence-corrected chi connectivity index (χ3v) is 9.37. The maximum absolute atomic E-state index is 16.5. The summed E-state index contributed by atoms with van der Waals surface area (Å²) in [7, 11) is 0. The Morgan fingerprint density at radius 2 is 1.87 bits per heavy atom. The lowest BCUT2D eigenvalue weighted by Crippen LogP contribution is -2.65. The molecule has 1 aliphatic rings. The van der Waals surface area contributed by atoms with Gasteiger partial charge in [0.2, 0.25) is 0 Å². The van der Waals surface area contributed by atoms with Crippen LogP contribution in [0, 0.1) is 23.0 Å². The highest BCUT2D eigenvalue weighted by Crippen LogP contribution is 2.46. The number of amides is 2. The first-order valence-electron chi connectivity index (χ1n) is 14.6. The number of hydrogen-bond acceptors (Lipinski definition) is 8. The zero-order chi connectivity index (χ0) is 33.5. The fraction of sp³-hybridized carbons (Fsp3) is 0.419. The molecule has 2 amide bonds. The van der Waals surface area contributed by atoms with Crippen LogP contribution in [0.2, 0.25) is 5.02 Å². The van der Waals surface area contributed by atoms with Crippen molar-refractivity contribution in [2.24, 2.45) is 11.3 Å². The maximum atomic E-state index is 16.5. The van der Waals surface area contributed by atoms with Gasteiger partial charge in [-0.15, -0.1) is 5.10 Å². The molecule has 46 heavy (non-hydrogen) atoms. The Morgan fingerprint density at radius 1 is 1.15 bits per heavy atom. The highest BCUT2D eigenvalue weighted by molar-refractivity contribution is 7.22. The Balaban J connectivity index is 1.45. The Kier molecular flexibility index (Phi) is 7.59. The number of carbonyl (C=O) groups excluding carboxylic acids is 1. The number of pyridine rings is 1. The number of aromatic nitrogens is 5. The number of benzene rings is 2. The van der Waals surface area contributed by atoms with Gasteiger partial charge in [-0.2, -0.15) is 0 Å². The van der Waals surface area contributed by atoms with E-state index in [0.717, 1.165) is 11.3 Å². The van der Waals surface area contributed by atoms with E-state index in [2.05, 4.69) is 25.6 Å². The van der Waals surface area contributed by atoms with Crippen LogP contribution in [0.25, 0.3) is 43.3 Å². The van der Waals surface area contributed by atoms with Crippen LogP contribution in [-0.2, 0) is 4.74 Å². The summed E-state index contributed by atoms with van der Waals surface area (Å²) < 4.78 is 39.5. The number of carboxylic acid groups (broad SMARTS) is 1. The van der Waals surface area contributed by atoms with Crippen molar-refractivity contribution >= 4 is 72.4 Å². The summed E-state index contributed by atoms with van der Waals surface area (Å²) in [5.74, 6) is -1.72. The van der Waals surface area contributed by atoms with Gasteiger partial charge in [0.15, 0.2) is 10.9 Å². The van der Waals surface area contributed by atoms with Crippen LogP contribution in [-0.4, -0.2) is 65.3 Å². The van der Waals surface area contributed by atoms with E-state index in [1.165, 1.54) is 29.3 Å². The summed E-state index contributed by atoms with van der Waals surface area (Å²) in [5.41, 5.74) is -0.581. The average molecular weight is 672 g/mol. The fourth-order valence-corrected chi connectivity index (χ4v) is 7.45. The topological polar surface area (TPSA) is 135 Å². The van der Waals surface area contributed by atoms with Crippen LogP contribution in [0.4, 0.5) is 23.5 Å². The summed E-state index contributed by atoms with van der Waals surface area (Å²) >= 11 is 7.82. The summed E-state index contributed by atoms with van der Waals surface area (Å²) in [4.78, 5) is 34.4. The molecule has 0 spiro atoms. The third kappa shape index (κ3) is 5.36. The lowest BCUT2D eigenvalue weighted by atomic mass is 9.69. The van der Waals surface area contributed by atoms with Crippen LogP contribution in [0.3, 0.4) is 0 Å². The van der Waals surface area contributed by atoms with Gasteiger partial charge in [-0.25, -0.2) is 28.0 Å². The van der Waals surface area contributed by atoms with Gasteiger partial charge in [0.25, 0.3) is 0 Å². The molecule has 15 heteroatoms. The third-order valence-electron chi connectivity index (χ3n) is 8.14. The van der Waals surface area contributed by atoms with Gasteiger partial charge < -0.3 is 14.7 Å². The molecule has 3 aromatic heterocycles. The van der Waals surface area contributed by atoms with Gasteiger partial charge in [-0.05, 0) is 51.3 Å². The van der Waals surface area contributed by atoms with Crippen LogP contribution < -0.4 is 5.32 Å². The van der Waals surface area contributed by atoms with E-state index < -0.39 is 29.4 Å². The quantitative estimate of drug-likeness (QED) is 0.196. The van der Waals surface area contributed by atoms with Crippen molar-refractivity contribution in [2.75, 3.05) is 11.9 Å². The van der Waals surface area contributed by atoms with E-state index in [0.29, 0.717) is 27.7 Å². The molecule has 1 aliphatic heterocycles. The predicted molar refractivity (Wildman–Crippen MR) is 172 cm³/mol. The van der Waals surface area contributed by atoms with Gasteiger partial charge in [-0.1, -0.05) is 48.9 Å². The zero-order valence-electron chi connectivity index (χ0n) is 26.1. The number of nitrogens with zero attached hydrogens (tertiary/aromatic N) is 6. The molecule has 0 saturated carbocycles. The van der Waals surface area contributed by atoms with Crippen molar-refractivity contribution in [3.05, 3.63) is 41.1 Å². The second kappa shape index (κ2) is 11.0. The molecule has 2 N–H and O–H groups in total. The second-order valence-corrected chi connectivity index (χ2v) is 15.0. The number of hydrogen-bond donors (Lipinski definition) is 2. The normalized spacial score (nSPS) is 17.8. The molecule has 3 unspecified atom stereocenters. The van der Waals surface area contributed by atoms with Crippen LogP contribution in [0.5, 0.6) is 0 Å². The van der Waals surface area contributed by atoms with Gasteiger partial charge in [0, 0.05) is 35.0 Å². The molecule has 5 aromatic rings. The fourth-order valence-electron chi connectivity index (χ4n) is 6.30. The first-order chi connectivity index (χ1) is 21.5. The first kappa shape index (κ1) is 31.8. The van der Waals surface area contributed by atoms with E-state index in [1.807, 2.05) is 27.7 Å². The number of fused-ring (bicyclic) bond motifs is 4. The molecular weight excluding hydrogens is 640 g/mol. The van der Waals surface area contributed by atoms with Crippen LogP contribution in [0.15, 0.2) is 24.4 Å². The molecule has 3 atom stereocenters. The molecule has 4 heterocycles. The van der Waals surface area contributed by atoms with Crippen molar-refractivity contribution in [2.45, 2.75) is 66.2 Å². The zero-order valence-corrected chi connectivity index (χ0v) is 27.7. The van der Waals surface area contributed by atoms with Gasteiger partial charge >= 0.3 is 12.2 Å². The van der Waals surface area contributed by atoms with Crippen molar-refractivity contribution < 1.29 is 28.2 Å². The number of halogens is 3. The average Bonchev–Trinajstić information content (AvgIpc) is 3.51. The molecule has 0 bridgehead atoms. The number of thiazole rings is 1. The minimum atomic E-state index is -0.988. The maximum Gasteiger partial charge on any atom is 0.413 e. The van der Waals surface area contributed by atoms with Gasteiger partial charge in [0.1, 0.15) is 28.0 Å². The monoisotopic (exact) mass is 671 g/mol. The number of carbonyl (C=O) groups is 2. The number of anilines is 1. The van der Waals surface area contributed by atoms with Crippen LogP contribution in [0.1, 0.15) is 54.5 Å².